The van der Waals surface area contributed by atoms with E-state index in [1.807, 2.05) is 42.5 Å². The first-order valence-electron chi connectivity index (χ1n) is 14.5. The number of nitrogens with zero attached hydrogens (tertiary/aromatic N) is 1. The molecular formula is C35H35FN2O4. The second kappa shape index (κ2) is 12.2. The Balaban J connectivity index is 1.03. The van der Waals surface area contributed by atoms with E-state index in [4.69, 9.17) is 9.15 Å². The van der Waals surface area contributed by atoms with E-state index in [2.05, 4.69) is 41.4 Å². The fourth-order valence-electron chi connectivity index (χ4n) is 5.82. The van der Waals surface area contributed by atoms with Gasteiger partial charge in [0.15, 0.2) is 0 Å². The van der Waals surface area contributed by atoms with E-state index in [9.17, 15) is 9.90 Å². The van der Waals surface area contributed by atoms with Crippen LogP contribution in [0.2, 0.25) is 0 Å². The molecule has 1 saturated heterocycles. The summed E-state index contributed by atoms with van der Waals surface area (Å²) in [6.07, 6.45) is 7.43. The van der Waals surface area contributed by atoms with Crippen LogP contribution in [0.15, 0.2) is 94.9 Å². The van der Waals surface area contributed by atoms with E-state index < -0.39 is 5.97 Å². The monoisotopic (exact) mass is 566 g/mol. The van der Waals surface area contributed by atoms with Crippen molar-refractivity contribution in [3.05, 3.63) is 108 Å². The Hall–Kier alpha value is -4.36. The summed E-state index contributed by atoms with van der Waals surface area (Å²) in [4.78, 5) is 13.3. The highest BCUT2D eigenvalue weighted by Gasteiger charge is 2.23. The number of furan rings is 1. The number of fused-ring (bicyclic) bond motifs is 1. The average Bonchev–Trinajstić information content (AvgIpc) is 3.34. The number of nitrogens with one attached hydrogen (secondary N) is 1. The normalized spacial score (nSPS) is 17.4. The predicted octanol–water partition coefficient (Wildman–Crippen LogP) is 7.73. The Morgan fingerprint density at radius 1 is 1.07 bits per heavy atom. The van der Waals surface area contributed by atoms with Crippen LogP contribution in [0.4, 0.5) is 15.8 Å². The van der Waals surface area contributed by atoms with Crippen molar-refractivity contribution in [1.82, 2.24) is 0 Å². The lowest BCUT2D eigenvalue weighted by molar-refractivity contribution is -0.132. The average molecular weight is 567 g/mol. The van der Waals surface area contributed by atoms with Crippen LogP contribution in [0.1, 0.15) is 30.6 Å². The van der Waals surface area contributed by atoms with E-state index in [1.54, 1.807) is 18.2 Å². The maximum absolute atomic E-state index is 15.2. The standard InChI is InChI=1S/C35H35FN2O4/c1-23-30-19-26(25-6-3-2-4-7-25)10-13-33(30)42-34(23)21-37-28-11-12-32(31(36)20-28)38-16-14-24(15-17-38)22-41-29-9-5-8-27(18-29)35(39)40/h2-8,10-13,18-20,24,29,37H,9,14-17,21-22H2,1H3,(H,39,40). The molecule has 2 aliphatic rings. The van der Waals surface area contributed by atoms with E-state index in [1.165, 1.54) is 5.56 Å². The van der Waals surface area contributed by atoms with Gasteiger partial charge in [-0.15, -0.1) is 0 Å². The Morgan fingerprint density at radius 3 is 2.64 bits per heavy atom. The lowest BCUT2D eigenvalue weighted by Crippen LogP contribution is -2.36. The van der Waals surface area contributed by atoms with E-state index in [-0.39, 0.29) is 17.5 Å². The zero-order valence-electron chi connectivity index (χ0n) is 23.7. The van der Waals surface area contributed by atoms with Gasteiger partial charge in [-0.1, -0.05) is 48.6 Å². The summed E-state index contributed by atoms with van der Waals surface area (Å²) >= 11 is 0. The van der Waals surface area contributed by atoms with Crippen LogP contribution in [-0.4, -0.2) is 36.9 Å². The smallest absolute Gasteiger partial charge is 0.335 e. The molecule has 1 aliphatic heterocycles. The zero-order chi connectivity index (χ0) is 29.1. The van der Waals surface area contributed by atoms with Gasteiger partial charge in [0, 0.05) is 29.7 Å². The Labute approximate surface area is 245 Å². The third-order valence-corrected chi connectivity index (χ3v) is 8.32. The fourth-order valence-corrected chi connectivity index (χ4v) is 5.82. The van der Waals surface area contributed by atoms with Crippen molar-refractivity contribution in [3.8, 4) is 11.1 Å². The highest BCUT2D eigenvalue weighted by molar-refractivity contribution is 5.90. The van der Waals surface area contributed by atoms with Gasteiger partial charge in [-0.05, 0) is 79.6 Å². The molecule has 4 aromatic rings. The molecule has 1 aromatic heterocycles. The number of benzene rings is 3. The summed E-state index contributed by atoms with van der Waals surface area (Å²) < 4.78 is 27.4. The molecule has 2 N–H and O–H groups in total. The molecule has 6 rings (SSSR count). The molecule has 216 valence electrons. The topological polar surface area (TPSA) is 74.9 Å². The van der Waals surface area contributed by atoms with Gasteiger partial charge in [0.25, 0.3) is 0 Å². The number of carboxylic acid groups (broad SMARTS) is 1. The minimum Gasteiger partial charge on any atom is -0.478 e. The van der Waals surface area contributed by atoms with E-state index >= 15 is 4.39 Å². The number of ether oxygens (including phenoxy) is 1. The first-order valence-corrected chi connectivity index (χ1v) is 14.5. The van der Waals surface area contributed by atoms with Gasteiger partial charge in [0.2, 0.25) is 0 Å². The van der Waals surface area contributed by atoms with Gasteiger partial charge in [0.1, 0.15) is 17.2 Å². The number of carboxylic acids is 1. The molecule has 0 amide bonds. The number of aryl methyl sites for hydroxylation is 1. The third kappa shape index (κ3) is 6.11. The number of halogens is 1. The van der Waals surface area contributed by atoms with Crippen molar-refractivity contribution in [3.63, 3.8) is 0 Å². The molecule has 0 saturated carbocycles. The maximum atomic E-state index is 15.2. The summed E-state index contributed by atoms with van der Waals surface area (Å²) in [6, 6.07) is 21.8. The largest absolute Gasteiger partial charge is 0.478 e. The van der Waals surface area contributed by atoms with E-state index in [0.717, 1.165) is 53.8 Å². The number of piperidine rings is 1. The predicted molar refractivity (Wildman–Crippen MR) is 164 cm³/mol. The van der Waals surface area contributed by atoms with Gasteiger partial charge in [-0.25, -0.2) is 9.18 Å². The molecule has 3 aromatic carbocycles. The Bertz CT molecular complexity index is 1630. The van der Waals surface area contributed by atoms with Crippen molar-refractivity contribution in [1.29, 1.82) is 0 Å². The van der Waals surface area contributed by atoms with Crippen molar-refractivity contribution in [2.24, 2.45) is 5.92 Å². The molecule has 0 radical (unpaired) electrons. The van der Waals surface area contributed by atoms with Crippen molar-refractivity contribution in [2.75, 3.05) is 29.9 Å². The first kappa shape index (κ1) is 27.8. The summed E-state index contributed by atoms with van der Waals surface area (Å²) in [5.74, 6) is 0.0267. The summed E-state index contributed by atoms with van der Waals surface area (Å²) in [6.45, 7) is 4.61. The molecular weight excluding hydrogens is 531 g/mol. The van der Waals surface area contributed by atoms with Crippen LogP contribution >= 0.6 is 0 Å². The molecule has 7 heteroatoms. The van der Waals surface area contributed by atoms with Crippen LogP contribution in [0, 0.1) is 18.7 Å². The van der Waals surface area contributed by atoms with Crippen LogP contribution in [-0.2, 0) is 16.1 Å². The second-order valence-corrected chi connectivity index (χ2v) is 11.1. The maximum Gasteiger partial charge on any atom is 0.335 e. The molecule has 1 aliphatic carbocycles. The van der Waals surface area contributed by atoms with Crippen LogP contribution in [0.5, 0.6) is 0 Å². The molecule has 0 bridgehead atoms. The van der Waals surface area contributed by atoms with Gasteiger partial charge in [0.05, 0.1) is 30.5 Å². The van der Waals surface area contributed by atoms with Crippen LogP contribution in [0.25, 0.3) is 22.1 Å². The number of anilines is 2. The highest BCUT2D eigenvalue weighted by Crippen LogP contribution is 2.32. The van der Waals surface area contributed by atoms with Crippen molar-refractivity contribution >= 4 is 28.3 Å². The number of carbonyl (C=O) groups is 1. The van der Waals surface area contributed by atoms with Crippen LogP contribution in [0.3, 0.4) is 0 Å². The third-order valence-electron chi connectivity index (χ3n) is 8.32. The first-order chi connectivity index (χ1) is 20.4. The second-order valence-electron chi connectivity index (χ2n) is 11.1. The minimum absolute atomic E-state index is 0.202. The number of hydrogen-bond acceptors (Lipinski definition) is 5. The van der Waals surface area contributed by atoms with Gasteiger partial charge >= 0.3 is 5.97 Å². The number of aliphatic carboxylic acids is 1. The molecule has 2 heterocycles. The Morgan fingerprint density at radius 2 is 1.88 bits per heavy atom. The summed E-state index contributed by atoms with van der Waals surface area (Å²) in [5, 5.41) is 13.6. The summed E-state index contributed by atoms with van der Waals surface area (Å²) in [5.41, 5.74) is 5.83. The van der Waals surface area contributed by atoms with Crippen molar-refractivity contribution in [2.45, 2.75) is 38.8 Å². The van der Waals surface area contributed by atoms with Crippen molar-refractivity contribution < 1.29 is 23.4 Å². The van der Waals surface area contributed by atoms with Crippen LogP contribution < -0.4 is 10.2 Å². The minimum atomic E-state index is -0.932. The lowest BCUT2D eigenvalue weighted by atomic mass is 9.97. The highest BCUT2D eigenvalue weighted by atomic mass is 19.1. The SMILES string of the molecule is Cc1c(CNc2ccc(N3CCC(COC4C=C(C(=O)O)C=CC4)CC3)c(F)c2)oc2ccc(-c3ccccc3)cc12. The van der Waals surface area contributed by atoms with Gasteiger partial charge < -0.3 is 24.5 Å². The summed E-state index contributed by atoms with van der Waals surface area (Å²) in [7, 11) is 0. The van der Waals surface area contributed by atoms with Gasteiger partial charge in [-0.3, -0.25) is 0 Å². The molecule has 1 fully saturated rings. The fraction of sp³-hybridized carbons (Fsp3) is 0.286. The number of hydrogen-bond donors (Lipinski definition) is 2. The Kier molecular flexibility index (Phi) is 8.11. The lowest BCUT2D eigenvalue weighted by Gasteiger charge is -2.34. The molecule has 6 nitrogen and oxygen atoms in total. The molecule has 1 unspecified atom stereocenters. The van der Waals surface area contributed by atoms with Gasteiger partial charge in [-0.2, -0.15) is 0 Å². The molecule has 1 atom stereocenters. The quantitative estimate of drug-likeness (QED) is 0.216. The number of rotatable bonds is 9. The van der Waals surface area contributed by atoms with E-state index in [0.29, 0.717) is 36.9 Å². The molecule has 0 spiro atoms. The molecule has 42 heavy (non-hydrogen) atoms. The zero-order valence-corrected chi connectivity index (χ0v) is 23.7.